The molecule has 3 nitrogen and oxygen atoms in total. The molecule has 0 spiro atoms. The van der Waals surface area contributed by atoms with Crippen molar-refractivity contribution in [3.8, 4) is 0 Å². The molecule has 0 heterocycles. The minimum atomic E-state index is 0.0135. The second-order valence-corrected chi connectivity index (χ2v) is 3.91. The summed E-state index contributed by atoms with van der Waals surface area (Å²) in [5.74, 6) is 0.0135. The molecule has 0 aliphatic rings. The fourth-order valence-corrected chi connectivity index (χ4v) is 1.49. The molecule has 0 radical (unpaired) electrons. The van der Waals surface area contributed by atoms with Crippen LogP contribution < -0.4 is 10.6 Å². The molecule has 3 heteroatoms. The van der Waals surface area contributed by atoms with Gasteiger partial charge in [0, 0.05) is 18.2 Å². The molecule has 0 saturated heterocycles. The largest absolute Gasteiger partial charge is 0.350 e. The van der Waals surface area contributed by atoms with Gasteiger partial charge in [-0.1, -0.05) is 25.1 Å². The lowest BCUT2D eigenvalue weighted by Crippen LogP contribution is -2.37. The summed E-state index contributed by atoms with van der Waals surface area (Å²) >= 11 is 0. The Labute approximate surface area is 97.2 Å². The monoisotopic (exact) mass is 220 g/mol. The molecule has 0 aliphatic carbocycles. The van der Waals surface area contributed by atoms with Crippen LogP contribution in [0.2, 0.25) is 0 Å². The number of likely N-dealkylation sites (N-methyl/N-ethyl adjacent to an activating group) is 1. The minimum Gasteiger partial charge on any atom is -0.350 e. The zero-order valence-electron chi connectivity index (χ0n) is 10.2. The molecular weight excluding hydrogens is 200 g/mol. The normalized spacial score (nSPS) is 12.2. The Bertz CT molecular complexity index is 350. The van der Waals surface area contributed by atoms with Gasteiger partial charge < -0.3 is 10.6 Å². The minimum absolute atomic E-state index is 0.0135. The van der Waals surface area contributed by atoms with Crippen LogP contribution in [0.4, 0.5) is 0 Å². The van der Waals surface area contributed by atoms with Crippen LogP contribution >= 0.6 is 0 Å². The summed E-state index contributed by atoms with van der Waals surface area (Å²) in [5.41, 5.74) is 1.88. The van der Waals surface area contributed by atoms with E-state index in [0.29, 0.717) is 6.54 Å². The summed E-state index contributed by atoms with van der Waals surface area (Å²) in [4.78, 5) is 11.9. The van der Waals surface area contributed by atoms with Crippen LogP contribution in [0, 0.1) is 0 Å². The van der Waals surface area contributed by atoms with E-state index in [2.05, 4.69) is 17.6 Å². The number of hydrogen-bond donors (Lipinski definition) is 2. The smallest absolute Gasteiger partial charge is 0.251 e. The number of nitrogens with one attached hydrogen (secondary N) is 2. The van der Waals surface area contributed by atoms with Gasteiger partial charge in [-0.15, -0.1) is 0 Å². The van der Waals surface area contributed by atoms with Crippen LogP contribution in [-0.4, -0.2) is 25.5 Å². The molecule has 2 N–H and O–H groups in total. The van der Waals surface area contributed by atoms with Crippen molar-refractivity contribution in [2.24, 2.45) is 0 Å². The average molecular weight is 220 g/mol. The van der Waals surface area contributed by atoms with Crippen molar-refractivity contribution in [1.82, 2.24) is 10.6 Å². The van der Waals surface area contributed by atoms with Crippen molar-refractivity contribution in [1.29, 1.82) is 0 Å². The van der Waals surface area contributed by atoms with Crippen LogP contribution in [-0.2, 0) is 6.42 Å². The Morgan fingerprint density at radius 3 is 2.69 bits per heavy atom. The van der Waals surface area contributed by atoms with Crippen molar-refractivity contribution >= 4 is 5.91 Å². The molecule has 0 aliphatic heterocycles. The van der Waals surface area contributed by atoms with Gasteiger partial charge in [0.2, 0.25) is 0 Å². The highest BCUT2D eigenvalue weighted by Crippen LogP contribution is 2.08. The Morgan fingerprint density at radius 1 is 1.38 bits per heavy atom. The maximum absolute atomic E-state index is 11.9. The van der Waals surface area contributed by atoms with Gasteiger partial charge >= 0.3 is 0 Å². The average Bonchev–Trinajstić information content (AvgIpc) is 2.35. The lowest BCUT2D eigenvalue weighted by molar-refractivity contribution is 0.0949. The van der Waals surface area contributed by atoms with Crippen LogP contribution in [0.5, 0.6) is 0 Å². The van der Waals surface area contributed by atoms with Crippen LogP contribution in [0.3, 0.4) is 0 Å². The predicted octanol–water partition coefficient (Wildman–Crippen LogP) is 1.59. The Hall–Kier alpha value is -1.35. The number of carbonyl (C=O) groups is 1. The lowest BCUT2D eigenvalue weighted by Gasteiger charge is -2.12. The molecule has 0 saturated carbocycles. The van der Waals surface area contributed by atoms with Crippen molar-refractivity contribution in [3.63, 3.8) is 0 Å². The third-order valence-electron chi connectivity index (χ3n) is 2.70. The van der Waals surface area contributed by atoms with Crippen molar-refractivity contribution in [3.05, 3.63) is 35.4 Å². The Balaban J connectivity index is 2.65. The molecule has 1 amide bonds. The topological polar surface area (TPSA) is 41.1 Å². The highest BCUT2D eigenvalue weighted by Gasteiger charge is 2.09. The van der Waals surface area contributed by atoms with E-state index in [1.165, 1.54) is 0 Å². The van der Waals surface area contributed by atoms with Crippen LogP contribution in [0.25, 0.3) is 0 Å². The van der Waals surface area contributed by atoms with Gasteiger partial charge in [-0.3, -0.25) is 4.79 Å². The first-order chi connectivity index (χ1) is 7.69. The maximum atomic E-state index is 11.9. The molecule has 16 heavy (non-hydrogen) atoms. The zero-order chi connectivity index (χ0) is 12.0. The first-order valence-corrected chi connectivity index (χ1v) is 5.72. The van der Waals surface area contributed by atoms with E-state index in [0.717, 1.165) is 17.5 Å². The fraction of sp³-hybridized carbons (Fsp3) is 0.462. The van der Waals surface area contributed by atoms with E-state index in [1.807, 2.05) is 38.2 Å². The summed E-state index contributed by atoms with van der Waals surface area (Å²) in [5, 5.41) is 6.01. The molecule has 1 aromatic carbocycles. The van der Waals surface area contributed by atoms with Crippen molar-refractivity contribution in [2.75, 3.05) is 13.6 Å². The summed E-state index contributed by atoms with van der Waals surface area (Å²) in [6, 6.07) is 8.02. The zero-order valence-corrected chi connectivity index (χ0v) is 10.2. The van der Waals surface area contributed by atoms with Gasteiger partial charge in [-0.25, -0.2) is 0 Å². The first kappa shape index (κ1) is 12.7. The number of aryl methyl sites for hydroxylation is 1. The third kappa shape index (κ3) is 3.35. The van der Waals surface area contributed by atoms with E-state index >= 15 is 0 Å². The van der Waals surface area contributed by atoms with Crippen LogP contribution in [0.15, 0.2) is 24.3 Å². The van der Waals surface area contributed by atoms with Crippen LogP contribution in [0.1, 0.15) is 29.8 Å². The highest BCUT2D eigenvalue weighted by molar-refractivity contribution is 5.95. The second-order valence-electron chi connectivity index (χ2n) is 3.91. The lowest BCUT2D eigenvalue weighted by atomic mass is 10.0. The SMILES string of the molecule is CCc1ccccc1C(=O)NCC(C)NC. The molecule has 1 aromatic rings. The maximum Gasteiger partial charge on any atom is 0.251 e. The van der Waals surface area contributed by atoms with Crippen molar-refractivity contribution < 1.29 is 4.79 Å². The third-order valence-corrected chi connectivity index (χ3v) is 2.70. The summed E-state index contributed by atoms with van der Waals surface area (Å²) in [6.45, 7) is 4.74. The molecule has 0 bridgehead atoms. The van der Waals surface area contributed by atoms with Gasteiger partial charge in [-0.05, 0) is 32.0 Å². The molecular formula is C13H20N2O. The van der Waals surface area contributed by atoms with Gasteiger partial charge in [0.05, 0.1) is 0 Å². The predicted molar refractivity (Wildman–Crippen MR) is 66.7 cm³/mol. The van der Waals surface area contributed by atoms with Gasteiger partial charge in [-0.2, -0.15) is 0 Å². The fourth-order valence-electron chi connectivity index (χ4n) is 1.49. The first-order valence-electron chi connectivity index (χ1n) is 5.72. The second kappa shape index (κ2) is 6.28. The van der Waals surface area contributed by atoms with E-state index in [4.69, 9.17) is 0 Å². The molecule has 1 rings (SSSR count). The number of hydrogen-bond acceptors (Lipinski definition) is 2. The van der Waals surface area contributed by atoms with Gasteiger partial charge in [0.25, 0.3) is 5.91 Å². The Kier molecular flexibility index (Phi) is 4.99. The number of carbonyl (C=O) groups excluding carboxylic acids is 1. The summed E-state index contributed by atoms with van der Waals surface area (Å²) < 4.78 is 0. The molecule has 88 valence electrons. The number of amides is 1. The molecule has 1 atom stereocenters. The van der Waals surface area contributed by atoms with E-state index in [-0.39, 0.29) is 11.9 Å². The summed E-state index contributed by atoms with van der Waals surface area (Å²) in [6.07, 6.45) is 0.880. The molecule has 0 fully saturated rings. The van der Waals surface area contributed by atoms with E-state index in [9.17, 15) is 4.79 Å². The Morgan fingerprint density at radius 2 is 2.06 bits per heavy atom. The standard InChI is InChI=1S/C13H20N2O/c1-4-11-7-5-6-8-12(11)13(16)15-9-10(2)14-3/h5-8,10,14H,4,9H2,1-3H3,(H,15,16). The van der Waals surface area contributed by atoms with Crippen molar-refractivity contribution in [2.45, 2.75) is 26.3 Å². The molecule has 1 unspecified atom stereocenters. The van der Waals surface area contributed by atoms with E-state index < -0.39 is 0 Å². The number of benzene rings is 1. The quantitative estimate of drug-likeness (QED) is 0.791. The summed E-state index contributed by atoms with van der Waals surface area (Å²) in [7, 11) is 1.89. The van der Waals surface area contributed by atoms with Gasteiger partial charge in [0.1, 0.15) is 0 Å². The van der Waals surface area contributed by atoms with Gasteiger partial charge in [0.15, 0.2) is 0 Å². The van der Waals surface area contributed by atoms with E-state index in [1.54, 1.807) is 0 Å². The molecule has 0 aromatic heterocycles. The number of rotatable bonds is 5. The highest BCUT2D eigenvalue weighted by atomic mass is 16.1.